The Kier molecular flexibility index (Phi) is 4.60. The van der Waals surface area contributed by atoms with E-state index < -0.39 is 0 Å². The molecule has 0 spiro atoms. The molecule has 1 N–H and O–H groups in total. The molecular formula is C15H23N3O2. The van der Waals surface area contributed by atoms with E-state index in [1.165, 1.54) is 0 Å². The first kappa shape index (κ1) is 14.8. The smallest absolute Gasteiger partial charge is 0.292 e. The predicted octanol–water partition coefficient (Wildman–Crippen LogP) is 2.87. The highest BCUT2D eigenvalue weighted by molar-refractivity contribution is 5.64. The van der Waals surface area contributed by atoms with Gasteiger partial charge in [0, 0.05) is 25.2 Å². The molecular weight excluding hydrogens is 254 g/mol. The molecule has 5 nitrogen and oxygen atoms in total. The van der Waals surface area contributed by atoms with Crippen molar-refractivity contribution in [3.63, 3.8) is 0 Å². The van der Waals surface area contributed by atoms with Crippen LogP contribution in [0, 0.1) is 17.0 Å². The molecule has 1 aliphatic carbocycles. The van der Waals surface area contributed by atoms with E-state index in [2.05, 4.69) is 10.2 Å². The fourth-order valence-corrected chi connectivity index (χ4v) is 3.02. The van der Waals surface area contributed by atoms with Crippen molar-refractivity contribution in [3.8, 4) is 0 Å². The van der Waals surface area contributed by atoms with Gasteiger partial charge in [-0.25, -0.2) is 0 Å². The van der Waals surface area contributed by atoms with Crippen molar-refractivity contribution in [2.24, 2.45) is 0 Å². The van der Waals surface area contributed by atoms with E-state index in [0.717, 1.165) is 36.9 Å². The lowest BCUT2D eigenvalue weighted by Gasteiger charge is -2.35. The van der Waals surface area contributed by atoms with E-state index >= 15 is 0 Å². The van der Waals surface area contributed by atoms with E-state index in [9.17, 15) is 10.1 Å². The number of rotatable bonds is 4. The number of nitro benzene ring substituents is 1. The van der Waals surface area contributed by atoms with Gasteiger partial charge in [-0.05, 0) is 51.3 Å². The first-order chi connectivity index (χ1) is 9.52. The Morgan fingerprint density at radius 2 is 1.95 bits per heavy atom. The molecule has 0 saturated heterocycles. The summed E-state index contributed by atoms with van der Waals surface area (Å²) in [7, 11) is 3.98. The zero-order chi connectivity index (χ0) is 14.7. The van der Waals surface area contributed by atoms with Crippen LogP contribution in [0.1, 0.15) is 31.2 Å². The van der Waals surface area contributed by atoms with Crippen molar-refractivity contribution < 1.29 is 4.92 Å². The molecule has 1 aromatic carbocycles. The molecule has 1 saturated carbocycles. The Labute approximate surface area is 120 Å². The largest absolute Gasteiger partial charge is 0.366 e. The summed E-state index contributed by atoms with van der Waals surface area (Å²) in [5, 5.41) is 14.5. The highest BCUT2D eigenvalue weighted by atomic mass is 16.6. The molecule has 0 unspecified atom stereocenters. The van der Waals surface area contributed by atoms with Crippen molar-refractivity contribution in [3.05, 3.63) is 33.9 Å². The first-order valence-corrected chi connectivity index (χ1v) is 7.18. The van der Waals surface area contributed by atoms with Gasteiger partial charge in [0.05, 0.1) is 4.92 Å². The van der Waals surface area contributed by atoms with Crippen molar-refractivity contribution in [1.29, 1.82) is 0 Å². The van der Waals surface area contributed by atoms with Gasteiger partial charge in [0.15, 0.2) is 0 Å². The van der Waals surface area contributed by atoms with Gasteiger partial charge in [-0.2, -0.15) is 0 Å². The minimum atomic E-state index is -0.287. The van der Waals surface area contributed by atoms with Crippen LogP contribution in [0.5, 0.6) is 0 Å². The molecule has 0 bridgehead atoms. The van der Waals surface area contributed by atoms with Gasteiger partial charge in [0.25, 0.3) is 5.69 Å². The van der Waals surface area contributed by atoms with Crippen LogP contribution < -0.4 is 10.2 Å². The fourth-order valence-electron chi connectivity index (χ4n) is 3.02. The quantitative estimate of drug-likeness (QED) is 0.679. The Hall–Kier alpha value is -1.62. The standard InChI is InChI=1S/C15H23N3O2/c1-11-4-9-14(18(19)20)15(10-11)17(3)13-7-5-12(16-2)6-8-13/h4,9-10,12-13,16H,5-8H2,1-3H3. The Morgan fingerprint density at radius 3 is 2.50 bits per heavy atom. The number of nitro groups is 1. The average Bonchev–Trinajstić information content (AvgIpc) is 2.46. The third kappa shape index (κ3) is 3.10. The summed E-state index contributed by atoms with van der Waals surface area (Å²) >= 11 is 0. The molecule has 5 heteroatoms. The minimum Gasteiger partial charge on any atom is -0.366 e. The maximum Gasteiger partial charge on any atom is 0.292 e. The van der Waals surface area contributed by atoms with E-state index in [-0.39, 0.29) is 10.6 Å². The molecule has 0 heterocycles. The third-order valence-corrected chi connectivity index (χ3v) is 4.36. The average molecular weight is 277 g/mol. The molecule has 1 aliphatic rings. The normalized spacial score (nSPS) is 22.6. The van der Waals surface area contributed by atoms with Gasteiger partial charge in [0.2, 0.25) is 0 Å². The number of anilines is 1. The number of hydrogen-bond acceptors (Lipinski definition) is 4. The zero-order valence-corrected chi connectivity index (χ0v) is 12.4. The van der Waals surface area contributed by atoms with Crippen LogP contribution in [0.15, 0.2) is 18.2 Å². The molecule has 0 aromatic heterocycles. The summed E-state index contributed by atoms with van der Waals surface area (Å²) in [5.74, 6) is 0. The van der Waals surface area contributed by atoms with Gasteiger partial charge >= 0.3 is 0 Å². The van der Waals surface area contributed by atoms with Crippen LogP contribution >= 0.6 is 0 Å². The van der Waals surface area contributed by atoms with Gasteiger partial charge in [-0.1, -0.05) is 6.07 Å². The minimum absolute atomic E-state index is 0.203. The van der Waals surface area contributed by atoms with E-state index in [1.807, 2.05) is 27.1 Å². The summed E-state index contributed by atoms with van der Waals surface area (Å²) in [4.78, 5) is 13.0. The SMILES string of the molecule is CNC1CCC(N(C)c2cc(C)ccc2[N+](=O)[O-])CC1. The zero-order valence-electron chi connectivity index (χ0n) is 12.4. The van der Waals surface area contributed by atoms with Gasteiger partial charge in [-0.3, -0.25) is 10.1 Å². The number of hydrogen-bond donors (Lipinski definition) is 1. The lowest BCUT2D eigenvalue weighted by Crippen LogP contribution is -2.40. The molecule has 1 fully saturated rings. The lowest BCUT2D eigenvalue weighted by molar-refractivity contribution is -0.384. The molecule has 110 valence electrons. The van der Waals surface area contributed by atoms with E-state index in [1.54, 1.807) is 12.1 Å². The van der Waals surface area contributed by atoms with Crippen molar-refractivity contribution in [2.75, 3.05) is 19.0 Å². The molecule has 0 atom stereocenters. The summed E-state index contributed by atoms with van der Waals surface area (Å²) in [6.45, 7) is 1.97. The van der Waals surface area contributed by atoms with Crippen LogP contribution in [0.2, 0.25) is 0 Å². The van der Waals surface area contributed by atoms with E-state index in [4.69, 9.17) is 0 Å². The second-order valence-corrected chi connectivity index (χ2v) is 5.65. The van der Waals surface area contributed by atoms with Crippen LogP contribution in [-0.4, -0.2) is 31.1 Å². The Balaban J connectivity index is 2.18. The molecule has 0 aliphatic heterocycles. The monoisotopic (exact) mass is 277 g/mol. The third-order valence-electron chi connectivity index (χ3n) is 4.36. The lowest BCUT2D eigenvalue weighted by atomic mass is 9.90. The topological polar surface area (TPSA) is 58.4 Å². The Morgan fingerprint density at radius 1 is 1.30 bits per heavy atom. The van der Waals surface area contributed by atoms with Crippen LogP contribution in [0.4, 0.5) is 11.4 Å². The molecule has 20 heavy (non-hydrogen) atoms. The second kappa shape index (κ2) is 6.22. The number of aryl methyl sites for hydroxylation is 1. The number of nitrogens with one attached hydrogen (secondary N) is 1. The van der Waals surface area contributed by atoms with Gasteiger partial charge in [0.1, 0.15) is 5.69 Å². The fraction of sp³-hybridized carbons (Fsp3) is 0.600. The first-order valence-electron chi connectivity index (χ1n) is 7.18. The van der Waals surface area contributed by atoms with Crippen LogP contribution in [0.3, 0.4) is 0 Å². The number of nitrogens with zero attached hydrogens (tertiary/aromatic N) is 2. The van der Waals surface area contributed by atoms with Crippen molar-refractivity contribution in [1.82, 2.24) is 5.32 Å². The summed E-state index contributed by atoms with van der Waals surface area (Å²) in [5.41, 5.74) is 2.00. The van der Waals surface area contributed by atoms with Crippen LogP contribution in [-0.2, 0) is 0 Å². The number of benzene rings is 1. The van der Waals surface area contributed by atoms with Gasteiger partial charge in [-0.15, -0.1) is 0 Å². The highest BCUT2D eigenvalue weighted by Gasteiger charge is 2.27. The van der Waals surface area contributed by atoms with Crippen LogP contribution in [0.25, 0.3) is 0 Å². The molecule has 2 rings (SSSR count). The molecule has 0 radical (unpaired) electrons. The summed E-state index contributed by atoms with van der Waals surface area (Å²) in [6, 6.07) is 6.31. The van der Waals surface area contributed by atoms with Gasteiger partial charge < -0.3 is 10.2 Å². The maximum absolute atomic E-state index is 11.2. The molecule has 0 amide bonds. The maximum atomic E-state index is 11.2. The molecule has 1 aromatic rings. The Bertz CT molecular complexity index is 482. The summed E-state index contributed by atoms with van der Waals surface area (Å²) in [6.07, 6.45) is 4.41. The van der Waals surface area contributed by atoms with Crippen molar-refractivity contribution >= 4 is 11.4 Å². The second-order valence-electron chi connectivity index (χ2n) is 5.65. The van der Waals surface area contributed by atoms with Crippen molar-refractivity contribution in [2.45, 2.75) is 44.7 Å². The predicted molar refractivity (Wildman–Crippen MR) is 81.3 cm³/mol. The highest BCUT2D eigenvalue weighted by Crippen LogP contribution is 2.33. The summed E-state index contributed by atoms with van der Waals surface area (Å²) < 4.78 is 0. The van der Waals surface area contributed by atoms with E-state index in [0.29, 0.717) is 12.1 Å².